The normalized spacial score (nSPS) is 10.2. The Morgan fingerprint density at radius 2 is 1.90 bits per heavy atom. The Balaban J connectivity index is 2.17. The van der Waals surface area contributed by atoms with Gasteiger partial charge in [-0.15, -0.1) is 0 Å². The molecule has 0 aliphatic heterocycles. The van der Waals surface area contributed by atoms with Gasteiger partial charge in [0.2, 0.25) is 5.91 Å². The van der Waals surface area contributed by atoms with Crippen LogP contribution < -0.4 is 5.32 Å². The van der Waals surface area contributed by atoms with E-state index >= 15 is 0 Å². The number of carboxylic acid groups (broad SMARTS) is 1. The van der Waals surface area contributed by atoms with E-state index in [1.165, 1.54) is 6.07 Å². The number of amides is 1. The van der Waals surface area contributed by atoms with Gasteiger partial charge in [0.05, 0.1) is 17.7 Å². The first kappa shape index (κ1) is 15.0. The Hall–Kier alpha value is -2.40. The van der Waals surface area contributed by atoms with Crippen LogP contribution in [0.1, 0.15) is 15.9 Å². The van der Waals surface area contributed by atoms with Crippen LogP contribution in [0.5, 0.6) is 0 Å². The molecule has 6 heteroatoms. The van der Waals surface area contributed by atoms with Crippen LogP contribution in [0.25, 0.3) is 0 Å². The van der Waals surface area contributed by atoms with Crippen LogP contribution in [0.15, 0.2) is 42.5 Å². The number of nitrogens with one attached hydrogen (secondary N) is 1. The number of aromatic carboxylic acids is 1. The topological polar surface area (TPSA) is 66.4 Å². The zero-order chi connectivity index (χ0) is 15.4. The standard InChI is InChI=1S/C15H11ClFNO3/c16-12-4-2-1-3-9(12)7-14(19)18-13-6-5-10(17)8-11(13)15(20)21/h1-6,8H,7H2,(H,18,19)(H,20,21). The molecule has 0 aliphatic carbocycles. The first-order chi connectivity index (χ1) is 9.97. The van der Waals surface area contributed by atoms with Crippen molar-refractivity contribution in [3.63, 3.8) is 0 Å². The second-order valence-corrected chi connectivity index (χ2v) is 4.72. The van der Waals surface area contributed by atoms with Crippen LogP contribution in [0, 0.1) is 5.82 Å². The smallest absolute Gasteiger partial charge is 0.337 e. The highest BCUT2D eigenvalue weighted by Gasteiger charge is 2.14. The molecule has 0 heterocycles. The van der Waals surface area contributed by atoms with E-state index in [4.69, 9.17) is 16.7 Å². The largest absolute Gasteiger partial charge is 0.478 e. The summed E-state index contributed by atoms with van der Waals surface area (Å²) >= 11 is 5.95. The van der Waals surface area contributed by atoms with E-state index in [-0.39, 0.29) is 17.7 Å². The summed E-state index contributed by atoms with van der Waals surface area (Å²) in [5.74, 6) is -2.43. The van der Waals surface area contributed by atoms with E-state index in [1.807, 2.05) is 0 Å². The summed E-state index contributed by atoms with van der Waals surface area (Å²) in [6.45, 7) is 0. The molecule has 0 aromatic heterocycles. The summed E-state index contributed by atoms with van der Waals surface area (Å²) in [6, 6.07) is 9.99. The summed E-state index contributed by atoms with van der Waals surface area (Å²) in [4.78, 5) is 23.0. The highest BCUT2D eigenvalue weighted by molar-refractivity contribution is 6.31. The van der Waals surface area contributed by atoms with Crippen molar-refractivity contribution >= 4 is 29.2 Å². The fourth-order valence-electron chi connectivity index (χ4n) is 1.81. The predicted octanol–water partition coefficient (Wildman–Crippen LogP) is 3.36. The molecule has 1 amide bonds. The molecule has 2 N–H and O–H groups in total. The quantitative estimate of drug-likeness (QED) is 0.910. The van der Waals surface area contributed by atoms with E-state index in [2.05, 4.69) is 5.32 Å². The van der Waals surface area contributed by atoms with Gasteiger partial charge in [-0.2, -0.15) is 0 Å². The minimum absolute atomic E-state index is 0.00386. The van der Waals surface area contributed by atoms with E-state index < -0.39 is 17.7 Å². The van der Waals surface area contributed by atoms with Crippen LogP contribution in [0.2, 0.25) is 5.02 Å². The Labute approximate surface area is 125 Å². The molecule has 2 aromatic carbocycles. The molecule has 0 atom stereocenters. The molecule has 0 unspecified atom stereocenters. The number of carbonyl (C=O) groups is 2. The second-order valence-electron chi connectivity index (χ2n) is 4.31. The molecule has 0 bridgehead atoms. The molecule has 0 saturated heterocycles. The Bertz CT molecular complexity index is 703. The summed E-state index contributed by atoms with van der Waals surface area (Å²) in [6.07, 6.45) is -0.00386. The summed E-state index contributed by atoms with van der Waals surface area (Å²) < 4.78 is 13.1. The maximum absolute atomic E-state index is 13.1. The molecule has 2 rings (SSSR count). The molecule has 0 aliphatic rings. The summed E-state index contributed by atoms with van der Waals surface area (Å²) in [5.41, 5.74) is 0.360. The van der Waals surface area contributed by atoms with Crippen LogP contribution in [0.4, 0.5) is 10.1 Å². The van der Waals surface area contributed by atoms with Crippen molar-refractivity contribution < 1.29 is 19.1 Å². The van der Waals surface area contributed by atoms with Gasteiger partial charge in [0.15, 0.2) is 0 Å². The van der Waals surface area contributed by atoms with E-state index in [0.29, 0.717) is 10.6 Å². The molecular formula is C15H11ClFNO3. The van der Waals surface area contributed by atoms with E-state index in [9.17, 15) is 14.0 Å². The molecule has 0 fully saturated rings. The maximum Gasteiger partial charge on any atom is 0.337 e. The number of hydrogen-bond donors (Lipinski definition) is 2. The van der Waals surface area contributed by atoms with E-state index in [0.717, 1.165) is 12.1 Å². The number of carboxylic acids is 1. The second kappa shape index (κ2) is 6.37. The molecule has 21 heavy (non-hydrogen) atoms. The molecule has 0 saturated carbocycles. The van der Waals surface area contributed by atoms with Gasteiger partial charge in [-0.25, -0.2) is 9.18 Å². The third kappa shape index (κ3) is 3.79. The Morgan fingerprint density at radius 1 is 1.19 bits per heavy atom. The lowest BCUT2D eigenvalue weighted by molar-refractivity contribution is -0.115. The minimum atomic E-state index is -1.32. The van der Waals surface area contributed by atoms with Crippen molar-refractivity contribution in [2.24, 2.45) is 0 Å². The van der Waals surface area contributed by atoms with Crippen molar-refractivity contribution in [3.8, 4) is 0 Å². The van der Waals surface area contributed by atoms with Crippen molar-refractivity contribution in [3.05, 3.63) is 64.4 Å². The maximum atomic E-state index is 13.1. The number of carbonyl (C=O) groups excluding carboxylic acids is 1. The van der Waals surface area contributed by atoms with E-state index in [1.54, 1.807) is 24.3 Å². The Morgan fingerprint density at radius 3 is 2.57 bits per heavy atom. The van der Waals surface area contributed by atoms with Crippen LogP contribution in [0.3, 0.4) is 0 Å². The molecular weight excluding hydrogens is 297 g/mol. The monoisotopic (exact) mass is 307 g/mol. The molecule has 0 radical (unpaired) electrons. The van der Waals surface area contributed by atoms with Crippen LogP contribution in [-0.2, 0) is 11.2 Å². The SMILES string of the molecule is O=C(Cc1ccccc1Cl)Nc1ccc(F)cc1C(=O)O. The minimum Gasteiger partial charge on any atom is -0.478 e. The lowest BCUT2D eigenvalue weighted by Gasteiger charge is -2.09. The number of benzene rings is 2. The van der Waals surface area contributed by atoms with Crippen molar-refractivity contribution in [2.75, 3.05) is 5.32 Å². The predicted molar refractivity (Wildman–Crippen MR) is 77.1 cm³/mol. The van der Waals surface area contributed by atoms with Gasteiger partial charge in [-0.3, -0.25) is 4.79 Å². The third-order valence-electron chi connectivity index (χ3n) is 2.79. The van der Waals surface area contributed by atoms with Crippen molar-refractivity contribution in [1.29, 1.82) is 0 Å². The molecule has 0 spiro atoms. The first-order valence-electron chi connectivity index (χ1n) is 6.03. The molecule has 108 valence electrons. The fourth-order valence-corrected chi connectivity index (χ4v) is 2.01. The zero-order valence-electron chi connectivity index (χ0n) is 10.8. The van der Waals surface area contributed by atoms with Gasteiger partial charge in [-0.1, -0.05) is 29.8 Å². The van der Waals surface area contributed by atoms with Crippen molar-refractivity contribution in [2.45, 2.75) is 6.42 Å². The lowest BCUT2D eigenvalue weighted by Crippen LogP contribution is -2.17. The van der Waals surface area contributed by atoms with Gasteiger partial charge in [-0.05, 0) is 29.8 Å². The number of anilines is 1. The highest BCUT2D eigenvalue weighted by atomic mass is 35.5. The molecule has 2 aromatic rings. The zero-order valence-corrected chi connectivity index (χ0v) is 11.5. The molecule has 4 nitrogen and oxygen atoms in total. The lowest BCUT2D eigenvalue weighted by atomic mass is 10.1. The average molecular weight is 308 g/mol. The van der Waals surface area contributed by atoms with Crippen LogP contribution >= 0.6 is 11.6 Å². The van der Waals surface area contributed by atoms with Gasteiger partial charge in [0.1, 0.15) is 5.82 Å². The number of hydrogen-bond acceptors (Lipinski definition) is 2. The van der Waals surface area contributed by atoms with Crippen LogP contribution in [-0.4, -0.2) is 17.0 Å². The van der Waals surface area contributed by atoms with Gasteiger partial charge < -0.3 is 10.4 Å². The number of halogens is 2. The summed E-state index contributed by atoms with van der Waals surface area (Å²) in [5, 5.41) is 11.9. The van der Waals surface area contributed by atoms with Gasteiger partial charge in [0.25, 0.3) is 0 Å². The average Bonchev–Trinajstić information content (AvgIpc) is 2.43. The van der Waals surface area contributed by atoms with Crippen molar-refractivity contribution in [1.82, 2.24) is 0 Å². The Kier molecular flexibility index (Phi) is 4.55. The van der Waals surface area contributed by atoms with Gasteiger partial charge >= 0.3 is 5.97 Å². The number of rotatable bonds is 4. The first-order valence-corrected chi connectivity index (χ1v) is 6.41. The van der Waals surface area contributed by atoms with Gasteiger partial charge in [0, 0.05) is 5.02 Å². The highest BCUT2D eigenvalue weighted by Crippen LogP contribution is 2.19. The fraction of sp³-hybridized carbons (Fsp3) is 0.0667. The summed E-state index contributed by atoms with van der Waals surface area (Å²) in [7, 11) is 0. The third-order valence-corrected chi connectivity index (χ3v) is 3.16.